The van der Waals surface area contributed by atoms with Crippen LogP contribution in [-0.4, -0.2) is 24.9 Å². The highest BCUT2D eigenvalue weighted by molar-refractivity contribution is 5.37. The molecule has 2 rings (SSSR count). The van der Waals surface area contributed by atoms with Gasteiger partial charge in [0.2, 0.25) is 0 Å². The molecule has 118 valence electrons. The first-order valence-corrected chi connectivity index (χ1v) is 8.03. The van der Waals surface area contributed by atoms with E-state index >= 15 is 0 Å². The molecule has 1 aliphatic rings. The summed E-state index contributed by atoms with van der Waals surface area (Å²) in [5.74, 6) is 0.978. The van der Waals surface area contributed by atoms with Crippen molar-refractivity contribution >= 4 is 0 Å². The molecule has 21 heavy (non-hydrogen) atoms. The second-order valence-electron chi connectivity index (χ2n) is 7.01. The fraction of sp³-hybridized carbons (Fsp3) is 0.667. The van der Waals surface area contributed by atoms with Crippen LogP contribution in [0, 0.1) is 6.92 Å². The lowest BCUT2D eigenvalue weighted by molar-refractivity contribution is -0.0112. The third-order valence-corrected chi connectivity index (χ3v) is 3.72. The van der Waals surface area contributed by atoms with E-state index in [9.17, 15) is 0 Å². The molecule has 0 radical (unpaired) electrons. The van der Waals surface area contributed by atoms with E-state index in [-0.39, 0.29) is 11.6 Å². The third kappa shape index (κ3) is 5.68. The van der Waals surface area contributed by atoms with Crippen molar-refractivity contribution < 1.29 is 9.47 Å². The minimum Gasteiger partial charge on any atom is -0.491 e. The quantitative estimate of drug-likeness (QED) is 0.894. The summed E-state index contributed by atoms with van der Waals surface area (Å²) in [6.45, 7) is 11.0. The van der Waals surface area contributed by atoms with Gasteiger partial charge in [0.1, 0.15) is 12.4 Å². The topological polar surface area (TPSA) is 30.5 Å². The molecule has 1 atom stereocenters. The Bertz CT molecular complexity index is 445. The van der Waals surface area contributed by atoms with E-state index in [1.165, 1.54) is 24.0 Å². The van der Waals surface area contributed by atoms with Gasteiger partial charge in [0.25, 0.3) is 0 Å². The maximum atomic E-state index is 6.03. The van der Waals surface area contributed by atoms with Crippen molar-refractivity contribution in [2.24, 2.45) is 0 Å². The maximum Gasteiger partial charge on any atom is 0.123 e. The van der Waals surface area contributed by atoms with Gasteiger partial charge in [0.05, 0.1) is 6.10 Å². The van der Waals surface area contributed by atoms with Crippen LogP contribution in [0.1, 0.15) is 51.2 Å². The molecule has 0 spiro atoms. The van der Waals surface area contributed by atoms with Crippen LogP contribution in [0.5, 0.6) is 5.75 Å². The number of hydrogen-bond acceptors (Lipinski definition) is 3. The van der Waals surface area contributed by atoms with Gasteiger partial charge < -0.3 is 14.8 Å². The first-order chi connectivity index (χ1) is 9.94. The van der Waals surface area contributed by atoms with E-state index in [0.717, 1.165) is 25.3 Å². The Balaban J connectivity index is 1.96. The summed E-state index contributed by atoms with van der Waals surface area (Å²) in [5, 5.41) is 3.53. The number of ether oxygens (including phenoxy) is 2. The predicted molar refractivity (Wildman–Crippen MR) is 86.9 cm³/mol. The molecule has 1 aliphatic heterocycles. The number of nitrogens with one attached hydrogen (secondary N) is 1. The summed E-state index contributed by atoms with van der Waals surface area (Å²) >= 11 is 0. The van der Waals surface area contributed by atoms with Crippen molar-refractivity contribution in [3.05, 3.63) is 29.3 Å². The molecule has 0 amide bonds. The van der Waals surface area contributed by atoms with Crippen LogP contribution in [0.4, 0.5) is 0 Å². The van der Waals surface area contributed by atoms with Crippen molar-refractivity contribution in [2.75, 3.05) is 13.2 Å². The molecule has 0 saturated carbocycles. The van der Waals surface area contributed by atoms with Crippen LogP contribution < -0.4 is 10.1 Å². The summed E-state index contributed by atoms with van der Waals surface area (Å²) in [7, 11) is 0. The highest BCUT2D eigenvalue weighted by Gasteiger charge is 2.16. The van der Waals surface area contributed by atoms with Crippen LogP contribution in [0.2, 0.25) is 0 Å². The number of aryl methyl sites for hydroxylation is 1. The van der Waals surface area contributed by atoms with Gasteiger partial charge in [-0.15, -0.1) is 0 Å². The van der Waals surface area contributed by atoms with Gasteiger partial charge in [0, 0.05) is 24.3 Å². The predicted octanol–water partition coefficient (Wildman–Crippen LogP) is 3.83. The Morgan fingerprint density at radius 1 is 1.29 bits per heavy atom. The van der Waals surface area contributed by atoms with E-state index in [1.54, 1.807) is 0 Å². The van der Waals surface area contributed by atoms with Gasteiger partial charge >= 0.3 is 0 Å². The first-order valence-electron chi connectivity index (χ1n) is 8.03. The average molecular weight is 291 g/mol. The van der Waals surface area contributed by atoms with Crippen LogP contribution in [-0.2, 0) is 11.3 Å². The zero-order valence-corrected chi connectivity index (χ0v) is 13.9. The second kappa shape index (κ2) is 7.28. The fourth-order valence-electron chi connectivity index (χ4n) is 2.47. The van der Waals surface area contributed by atoms with Gasteiger partial charge in [0.15, 0.2) is 0 Å². The maximum absolute atomic E-state index is 6.03. The number of hydrogen-bond donors (Lipinski definition) is 1. The largest absolute Gasteiger partial charge is 0.491 e. The first kappa shape index (κ1) is 16.3. The monoisotopic (exact) mass is 291 g/mol. The molecule has 1 heterocycles. The second-order valence-corrected chi connectivity index (χ2v) is 7.01. The molecule has 0 aromatic heterocycles. The molecule has 0 bridgehead atoms. The smallest absolute Gasteiger partial charge is 0.123 e. The molecule has 0 aliphatic carbocycles. The SMILES string of the molecule is Cc1ccc(OCC2CCCCO2)c(CNC(C)(C)C)c1. The molecular formula is C18H29NO2. The zero-order chi connectivity index (χ0) is 15.3. The minimum atomic E-state index is 0.105. The van der Waals surface area contributed by atoms with Crippen molar-refractivity contribution in [1.82, 2.24) is 5.32 Å². The average Bonchev–Trinajstić information content (AvgIpc) is 2.44. The highest BCUT2D eigenvalue weighted by Crippen LogP contribution is 2.22. The van der Waals surface area contributed by atoms with Crippen molar-refractivity contribution in [1.29, 1.82) is 0 Å². The molecule has 1 N–H and O–H groups in total. The Morgan fingerprint density at radius 2 is 2.10 bits per heavy atom. The van der Waals surface area contributed by atoms with E-state index < -0.39 is 0 Å². The van der Waals surface area contributed by atoms with Gasteiger partial charge in [-0.25, -0.2) is 0 Å². The number of benzene rings is 1. The molecule has 3 heteroatoms. The Labute approximate surface area is 129 Å². The molecule has 1 unspecified atom stereocenters. The standard InChI is InChI=1S/C18H29NO2/c1-14-8-9-17(15(11-14)12-19-18(2,3)4)21-13-16-7-5-6-10-20-16/h8-9,11,16,19H,5-7,10,12-13H2,1-4H3. The van der Waals surface area contributed by atoms with E-state index in [0.29, 0.717) is 6.61 Å². The van der Waals surface area contributed by atoms with E-state index in [4.69, 9.17) is 9.47 Å². The van der Waals surface area contributed by atoms with Gasteiger partial charge in [-0.05, 0) is 53.0 Å². The summed E-state index contributed by atoms with van der Waals surface area (Å²) in [6.07, 6.45) is 3.80. The summed E-state index contributed by atoms with van der Waals surface area (Å²) in [5.41, 5.74) is 2.59. The normalized spacial score (nSPS) is 19.5. The molecule has 3 nitrogen and oxygen atoms in total. The summed E-state index contributed by atoms with van der Waals surface area (Å²) in [4.78, 5) is 0. The summed E-state index contributed by atoms with van der Waals surface area (Å²) in [6, 6.07) is 6.39. The lowest BCUT2D eigenvalue weighted by Gasteiger charge is -2.24. The van der Waals surface area contributed by atoms with Crippen LogP contribution in [0.25, 0.3) is 0 Å². The Hall–Kier alpha value is -1.06. The van der Waals surface area contributed by atoms with Gasteiger partial charge in [-0.3, -0.25) is 0 Å². The lowest BCUT2D eigenvalue weighted by Crippen LogP contribution is -2.35. The van der Waals surface area contributed by atoms with E-state index in [1.807, 2.05) is 0 Å². The molecular weight excluding hydrogens is 262 g/mol. The van der Waals surface area contributed by atoms with Crippen molar-refractivity contribution in [2.45, 2.75) is 65.1 Å². The minimum absolute atomic E-state index is 0.105. The fourth-order valence-corrected chi connectivity index (χ4v) is 2.47. The van der Waals surface area contributed by atoms with Crippen LogP contribution in [0.15, 0.2) is 18.2 Å². The zero-order valence-electron chi connectivity index (χ0n) is 13.9. The molecule has 1 aromatic rings. The summed E-state index contributed by atoms with van der Waals surface area (Å²) < 4.78 is 11.8. The number of rotatable bonds is 5. The molecule has 1 fully saturated rings. The van der Waals surface area contributed by atoms with Crippen molar-refractivity contribution in [3.63, 3.8) is 0 Å². The molecule has 1 saturated heterocycles. The van der Waals surface area contributed by atoms with Crippen molar-refractivity contribution in [3.8, 4) is 5.75 Å². The molecule has 1 aromatic carbocycles. The third-order valence-electron chi connectivity index (χ3n) is 3.72. The van der Waals surface area contributed by atoms with Gasteiger partial charge in [-0.2, -0.15) is 0 Å². The van der Waals surface area contributed by atoms with Gasteiger partial charge in [-0.1, -0.05) is 17.7 Å². The lowest BCUT2D eigenvalue weighted by atomic mass is 10.1. The van der Waals surface area contributed by atoms with Crippen LogP contribution >= 0.6 is 0 Å². The van der Waals surface area contributed by atoms with Crippen LogP contribution in [0.3, 0.4) is 0 Å². The highest BCUT2D eigenvalue weighted by atomic mass is 16.5. The Morgan fingerprint density at radius 3 is 2.76 bits per heavy atom. The Kier molecular flexibility index (Phi) is 5.65. The van der Waals surface area contributed by atoms with E-state index in [2.05, 4.69) is 51.2 Å².